The van der Waals surface area contributed by atoms with E-state index in [-0.39, 0.29) is 0 Å². The van der Waals surface area contributed by atoms with Crippen LogP contribution in [-0.2, 0) is 0 Å². The van der Waals surface area contributed by atoms with Crippen molar-refractivity contribution in [2.45, 2.75) is 38.6 Å². The maximum absolute atomic E-state index is 11.5. The van der Waals surface area contributed by atoms with E-state index in [1.165, 1.54) is 25.8 Å². The van der Waals surface area contributed by atoms with E-state index in [1.807, 2.05) is 18.2 Å². The number of rotatable bonds is 6. The summed E-state index contributed by atoms with van der Waals surface area (Å²) in [5.41, 5.74) is 1.01. The van der Waals surface area contributed by atoms with E-state index in [4.69, 9.17) is 0 Å². The summed E-state index contributed by atoms with van der Waals surface area (Å²) < 4.78 is 0. The minimum Gasteiger partial charge on any atom is -0.478 e. The molecule has 3 rings (SSSR count). The zero-order chi connectivity index (χ0) is 16.9. The van der Waals surface area contributed by atoms with Gasteiger partial charge in [-0.1, -0.05) is 24.6 Å². The molecule has 1 aliphatic rings. The molecular weight excluding hydrogens is 302 g/mol. The monoisotopic (exact) mass is 327 g/mol. The predicted molar refractivity (Wildman–Crippen MR) is 96.7 cm³/mol. The van der Waals surface area contributed by atoms with Gasteiger partial charge in [-0.15, -0.1) is 0 Å². The fraction of sp³-hybridized carbons (Fsp3) is 0.474. The first-order valence-electron chi connectivity index (χ1n) is 8.76. The molecule has 0 radical (unpaired) electrons. The summed E-state index contributed by atoms with van der Waals surface area (Å²) in [5.74, 6) is -0.281. The number of para-hydroxylation sites is 1. The SMILES string of the molecule is C[C@@H]1CCCCN1CCCNc1cc(C(=O)O)c2ccccc2n1. The minimum absolute atomic E-state index is 0.299. The molecule has 0 unspecified atom stereocenters. The van der Waals surface area contributed by atoms with E-state index in [0.717, 1.165) is 19.5 Å². The van der Waals surface area contributed by atoms with Gasteiger partial charge in [-0.05, 0) is 44.9 Å². The van der Waals surface area contributed by atoms with Gasteiger partial charge in [0, 0.05) is 24.5 Å². The second-order valence-corrected chi connectivity index (χ2v) is 6.54. The maximum Gasteiger partial charge on any atom is 0.336 e. The van der Waals surface area contributed by atoms with Crippen LogP contribution < -0.4 is 5.32 Å². The van der Waals surface area contributed by atoms with Crippen LogP contribution in [0.2, 0.25) is 0 Å². The molecule has 1 fully saturated rings. The third kappa shape index (κ3) is 3.85. The van der Waals surface area contributed by atoms with Crippen molar-refractivity contribution in [3.05, 3.63) is 35.9 Å². The number of fused-ring (bicyclic) bond motifs is 1. The Labute approximate surface area is 142 Å². The fourth-order valence-electron chi connectivity index (χ4n) is 3.43. The molecule has 2 N–H and O–H groups in total. The normalized spacial score (nSPS) is 18.6. The Hall–Kier alpha value is -2.14. The molecule has 128 valence electrons. The molecule has 2 aromatic rings. The Morgan fingerprint density at radius 2 is 2.21 bits per heavy atom. The van der Waals surface area contributed by atoms with E-state index < -0.39 is 5.97 Å². The lowest BCUT2D eigenvalue weighted by molar-refractivity contribution is 0.0699. The first kappa shape index (κ1) is 16.7. The number of anilines is 1. The number of likely N-dealkylation sites (tertiary alicyclic amines) is 1. The molecule has 1 saturated heterocycles. The molecule has 0 bridgehead atoms. The van der Waals surface area contributed by atoms with Crippen LogP contribution in [0.5, 0.6) is 0 Å². The number of aromatic nitrogens is 1. The molecule has 1 aromatic carbocycles. The smallest absolute Gasteiger partial charge is 0.336 e. The quantitative estimate of drug-likeness (QED) is 0.794. The second-order valence-electron chi connectivity index (χ2n) is 6.54. The van der Waals surface area contributed by atoms with E-state index in [1.54, 1.807) is 12.1 Å². The van der Waals surface area contributed by atoms with E-state index in [2.05, 4.69) is 22.1 Å². The van der Waals surface area contributed by atoms with Gasteiger partial charge in [0.25, 0.3) is 0 Å². The molecule has 2 heterocycles. The van der Waals surface area contributed by atoms with Crippen LogP contribution in [0, 0.1) is 0 Å². The maximum atomic E-state index is 11.5. The van der Waals surface area contributed by atoms with Crippen LogP contribution in [0.15, 0.2) is 30.3 Å². The van der Waals surface area contributed by atoms with Crippen LogP contribution in [-0.4, -0.2) is 46.6 Å². The minimum atomic E-state index is -0.918. The van der Waals surface area contributed by atoms with Gasteiger partial charge < -0.3 is 15.3 Å². The van der Waals surface area contributed by atoms with Gasteiger partial charge in [-0.3, -0.25) is 0 Å². The largest absolute Gasteiger partial charge is 0.478 e. The second kappa shape index (κ2) is 7.62. The number of aromatic carboxylic acids is 1. The Kier molecular flexibility index (Phi) is 5.30. The number of piperidine rings is 1. The van der Waals surface area contributed by atoms with Crippen molar-refractivity contribution in [2.75, 3.05) is 25.0 Å². The molecule has 5 heteroatoms. The molecular formula is C19H25N3O2. The average Bonchev–Trinajstić information content (AvgIpc) is 2.59. The van der Waals surface area contributed by atoms with Gasteiger partial charge in [0.15, 0.2) is 0 Å². The summed E-state index contributed by atoms with van der Waals surface area (Å²) in [6, 6.07) is 9.67. The van der Waals surface area contributed by atoms with Crippen LogP contribution in [0.25, 0.3) is 10.9 Å². The lowest BCUT2D eigenvalue weighted by Gasteiger charge is -2.33. The van der Waals surface area contributed by atoms with Gasteiger partial charge in [0.05, 0.1) is 11.1 Å². The van der Waals surface area contributed by atoms with Gasteiger partial charge in [0.2, 0.25) is 0 Å². The van der Waals surface area contributed by atoms with Crippen LogP contribution in [0.4, 0.5) is 5.82 Å². The third-order valence-electron chi connectivity index (χ3n) is 4.82. The van der Waals surface area contributed by atoms with Crippen LogP contribution in [0.1, 0.15) is 43.0 Å². The molecule has 0 spiro atoms. The van der Waals surface area contributed by atoms with Crippen molar-refractivity contribution in [1.82, 2.24) is 9.88 Å². The molecule has 1 atom stereocenters. The Morgan fingerprint density at radius 1 is 1.38 bits per heavy atom. The zero-order valence-corrected chi connectivity index (χ0v) is 14.2. The number of hydrogen-bond acceptors (Lipinski definition) is 4. The number of nitrogens with one attached hydrogen (secondary N) is 1. The fourth-order valence-corrected chi connectivity index (χ4v) is 3.43. The van der Waals surface area contributed by atoms with Crippen molar-refractivity contribution in [2.24, 2.45) is 0 Å². The first-order chi connectivity index (χ1) is 11.6. The summed E-state index contributed by atoms with van der Waals surface area (Å²) >= 11 is 0. The van der Waals surface area contributed by atoms with Crippen molar-refractivity contribution in [1.29, 1.82) is 0 Å². The highest BCUT2D eigenvalue weighted by atomic mass is 16.4. The number of pyridine rings is 1. The van der Waals surface area contributed by atoms with Crippen molar-refractivity contribution in [3.63, 3.8) is 0 Å². The van der Waals surface area contributed by atoms with Gasteiger partial charge in [-0.2, -0.15) is 0 Å². The van der Waals surface area contributed by atoms with Gasteiger partial charge >= 0.3 is 5.97 Å². The van der Waals surface area contributed by atoms with E-state index >= 15 is 0 Å². The Bertz CT molecular complexity index is 717. The number of hydrogen-bond donors (Lipinski definition) is 2. The van der Waals surface area contributed by atoms with Crippen molar-refractivity contribution >= 4 is 22.7 Å². The highest BCUT2D eigenvalue weighted by molar-refractivity contribution is 6.03. The average molecular weight is 327 g/mol. The molecule has 5 nitrogen and oxygen atoms in total. The zero-order valence-electron chi connectivity index (χ0n) is 14.2. The summed E-state index contributed by atoms with van der Waals surface area (Å²) in [7, 11) is 0. The lowest BCUT2D eigenvalue weighted by Crippen LogP contribution is -2.38. The molecule has 1 aromatic heterocycles. The number of benzene rings is 1. The standard InChI is InChI=1S/C19H25N3O2/c1-14-7-4-5-11-22(14)12-6-10-20-18-13-16(19(23)24)15-8-2-3-9-17(15)21-18/h2-3,8-9,13-14H,4-7,10-12H2,1H3,(H,20,21)(H,23,24)/t14-/m1/s1. The first-order valence-corrected chi connectivity index (χ1v) is 8.76. The van der Waals surface area contributed by atoms with E-state index in [9.17, 15) is 9.90 Å². The molecule has 0 amide bonds. The molecule has 1 aliphatic heterocycles. The van der Waals surface area contributed by atoms with Crippen LogP contribution in [0.3, 0.4) is 0 Å². The van der Waals surface area contributed by atoms with Crippen molar-refractivity contribution < 1.29 is 9.90 Å². The summed E-state index contributed by atoms with van der Waals surface area (Å²) in [6.07, 6.45) is 4.96. The number of carboxylic acid groups (broad SMARTS) is 1. The molecule has 24 heavy (non-hydrogen) atoms. The number of carbonyl (C=O) groups is 1. The third-order valence-corrected chi connectivity index (χ3v) is 4.82. The highest BCUT2D eigenvalue weighted by Crippen LogP contribution is 2.21. The Morgan fingerprint density at radius 3 is 3.00 bits per heavy atom. The Balaban J connectivity index is 1.62. The van der Waals surface area contributed by atoms with Crippen LogP contribution >= 0.6 is 0 Å². The molecule has 0 aliphatic carbocycles. The summed E-state index contributed by atoms with van der Waals surface area (Å²) in [6.45, 7) is 5.37. The lowest BCUT2D eigenvalue weighted by atomic mass is 10.0. The number of nitrogens with zero attached hydrogens (tertiary/aromatic N) is 2. The van der Waals surface area contributed by atoms with Gasteiger partial charge in [-0.25, -0.2) is 9.78 Å². The topological polar surface area (TPSA) is 65.5 Å². The van der Waals surface area contributed by atoms with Gasteiger partial charge in [0.1, 0.15) is 5.82 Å². The predicted octanol–water partition coefficient (Wildman–Crippen LogP) is 3.61. The molecule has 0 saturated carbocycles. The summed E-state index contributed by atoms with van der Waals surface area (Å²) in [5, 5.41) is 13.4. The number of carboxylic acids is 1. The van der Waals surface area contributed by atoms with E-state index in [0.29, 0.717) is 28.3 Å². The highest BCUT2D eigenvalue weighted by Gasteiger charge is 2.17. The summed E-state index contributed by atoms with van der Waals surface area (Å²) in [4.78, 5) is 18.6. The van der Waals surface area contributed by atoms with Crippen molar-refractivity contribution in [3.8, 4) is 0 Å².